The maximum atomic E-state index is 16.9. The third kappa shape index (κ3) is 7.44. The van der Waals surface area contributed by atoms with E-state index in [0.29, 0.717) is 39.3 Å². The Balaban J connectivity index is 1.21. The third-order valence-electron chi connectivity index (χ3n) is 14.1. The molecule has 0 spiro atoms. The standard InChI is InChI=1S/C64H48F3N5/c1-37-29-39(3)58(40(4)30-37)45-25-27-54-50(33-45)48-21-13-15-23-52(48)71(54)56-35-47(63-69-61(43-17-9-7-10-18-43)68-62(70-63)44-19-11-8-12-20-44)36-57(60(56)64(65,66)67)72-53-24-16-14-22-49(53)51-34-46(26-28-55(51)72)59-41(5)31-38(2)32-42(59)6/h7-36H,1-6H3. The van der Waals surface area contributed by atoms with E-state index in [4.69, 9.17) is 15.0 Å². The molecule has 0 unspecified atom stereocenters. The normalized spacial score (nSPS) is 12.0. The molecule has 9 aromatic carbocycles. The molecule has 0 atom stereocenters. The van der Waals surface area contributed by atoms with Gasteiger partial charge in [-0.2, -0.15) is 13.2 Å². The van der Waals surface area contributed by atoms with Gasteiger partial charge in [-0.3, -0.25) is 0 Å². The summed E-state index contributed by atoms with van der Waals surface area (Å²) in [5.41, 5.74) is 14.7. The number of rotatable bonds is 7. The molecule has 72 heavy (non-hydrogen) atoms. The van der Waals surface area contributed by atoms with E-state index in [2.05, 4.69) is 77.9 Å². The first-order valence-electron chi connectivity index (χ1n) is 24.2. The van der Waals surface area contributed by atoms with Crippen molar-refractivity contribution in [2.45, 2.75) is 47.7 Å². The second-order valence-electron chi connectivity index (χ2n) is 19.1. The summed E-state index contributed by atoms with van der Waals surface area (Å²) < 4.78 is 54.4. The Labute approximate surface area is 415 Å². The van der Waals surface area contributed by atoms with Gasteiger partial charge in [-0.1, -0.05) is 145 Å². The number of alkyl halides is 3. The van der Waals surface area contributed by atoms with Crippen molar-refractivity contribution in [3.8, 4) is 67.8 Å². The van der Waals surface area contributed by atoms with Gasteiger partial charge < -0.3 is 9.13 Å². The second kappa shape index (κ2) is 17.1. The summed E-state index contributed by atoms with van der Waals surface area (Å²) in [6, 6.07) is 58.9. The van der Waals surface area contributed by atoms with Crippen molar-refractivity contribution in [1.29, 1.82) is 0 Å². The molecular formula is C64H48F3N5. The summed E-state index contributed by atoms with van der Waals surface area (Å²) in [7, 11) is 0. The van der Waals surface area contributed by atoms with Crippen LogP contribution in [-0.4, -0.2) is 24.1 Å². The Hall–Kier alpha value is -8.62. The van der Waals surface area contributed by atoms with E-state index in [1.54, 1.807) is 21.3 Å². The number of nitrogens with zero attached hydrogens (tertiary/aromatic N) is 5. The van der Waals surface area contributed by atoms with E-state index in [0.717, 1.165) is 77.2 Å². The van der Waals surface area contributed by atoms with Crippen molar-refractivity contribution in [3.05, 3.63) is 221 Å². The van der Waals surface area contributed by atoms with Crippen molar-refractivity contribution >= 4 is 43.6 Å². The quantitative estimate of drug-likeness (QED) is 0.160. The first kappa shape index (κ1) is 44.6. The van der Waals surface area contributed by atoms with Crippen molar-refractivity contribution in [2.75, 3.05) is 0 Å². The molecule has 0 saturated carbocycles. The van der Waals surface area contributed by atoms with Crippen molar-refractivity contribution in [2.24, 2.45) is 0 Å². The number of halogens is 3. The van der Waals surface area contributed by atoms with Crippen LogP contribution in [0.2, 0.25) is 0 Å². The van der Waals surface area contributed by atoms with Gasteiger partial charge in [-0.15, -0.1) is 0 Å². The fourth-order valence-electron chi connectivity index (χ4n) is 11.4. The van der Waals surface area contributed by atoms with Crippen LogP contribution in [0.1, 0.15) is 38.9 Å². The number of hydrogen-bond donors (Lipinski definition) is 0. The average Bonchev–Trinajstić information content (AvgIpc) is 3.88. The van der Waals surface area contributed by atoms with Crippen LogP contribution in [0.15, 0.2) is 182 Å². The van der Waals surface area contributed by atoms with Gasteiger partial charge in [0, 0.05) is 38.2 Å². The van der Waals surface area contributed by atoms with E-state index in [9.17, 15) is 0 Å². The molecule has 3 aromatic heterocycles. The third-order valence-corrected chi connectivity index (χ3v) is 14.1. The van der Waals surface area contributed by atoms with Gasteiger partial charge in [0.1, 0.15) is 5.56 Å². The van der Waals surface area contributed by atoms with Gasteiger partial charge in [0.2, 0.25) is 0 Å². The molecule has 350 valence electrons. The van der Waals surface area contributed by atoms with Crippen LogP contribution in [0.4, 0.5) is 13.2 Å². The minimum Gasteiger partial charge on any atom is -0.309 e. The van der Waals surface area contributed by atoms with E-state index >= 15 is 13.2 Å². The van der Waals surface area contributed by atoms with Gasteiger partial charge in [0.25, 0.3) is 0 Å². The Morgan fingerprint density at radius 1 is 0.333 bits per heavy atom. The van der Waals surface area contributed by atoms with E-state index in [1.807, 2.05) is 133 Å². The zero-order chi connectivity index (χ0) is 49.6. The summed E-state index contributed by atoms with van der Waals surface area (Å²) >= 11 is 0. The van der Waals surface area contributed by atoms with E-state index in [1.165, 1.54) is 11.1 Å². The first-order chi connectivity index (χ1) is 34.8. The van der Waals surface area contributed by atoms with Crippen LogP contribution >= 0.6 is 0 Å². The van der Waals surface area contributed by atoms with Crippen molar-refractivity contribution in [3.63, 3.8) is 0 Å². The van der Waals surface area contributed by atoms with Crippen LogP contribution in [-0.2, 0) is 6.18 Å². The number of fused-ring (bicyclic) bond motifs is 6. The first-order valence-corrected chi connectivity index (χ1v) is 24.2. The fourth-order valence-corrected chi connectivity index (χ4v) is 11.4. The molecule has 0 aliphatic rings. The molecule has 0 aliphatic heterocycles. The zero-order valence-corrected chi connectivity index (χ0v) is 40.7. The minimum atomic E-state index is -4.85. The molecule has 0 fully saturated rings. The van der Waals surface area contributed by atoms with Gasteiger partial charge in [0.15, 0.2) is 17.5 Å². The van der Waals surface area contributed by atoms with Gasteiger partial charge >= 0.3 is 6.18 Å². The van der Waals surface area contributed by atoms with Gasteiger partial charge in [0.05, 0.1) is 33.4 Å². The highest BCUT2D eigenvalue weighted by atomic mass is 19.4. The number of aromatic nitrogens is 5. The fraction of sp³-hybridized carbons (Fsp3) is 0.109. The second-order valence-corrected chi connectivity index (χ2v) is 19.1. The number of para-hydroxylation sites is 2. The molecule has 0 saturated heterocycles. The Bertz CT molecular complexity index is 3850. The monoisotopic (exact) mass is 943 g/mol. The topological polar surface area (TPSA) is 48.5 Å². The maximum Gasteiger partial charge on any atom is 0.420 e. The molecule has 3 heterocycles. The van der Waals surface area contributed by atoms with Gasteiger partial charge in [-0.05, 0) is 135 Å². The Morgan fingerprint density at radius 2 is 0.681 bits per heavy atom. The molecule has 0 bridgehead atoms. The number of aryl methyl sites for hydroxylation is 6. The van der Waals surface area contributed by atoms with Crippen LogP contribution in [0.5, 0.6) is 0 Å². The lowest BCUT2D eigenvalue weighted by Crippen LogP contribution is -2.16. The smallest absolute Gasteiger partial charge is 0.309 e. The van der Waals surface area contributed by atoms with Crippen molar-refractivity contribution in [1.82, 2.24) is 24.1 Å². The number of hydrogen-bond acceptors (Lipinski definition) is 3. The largest absolute Gasteiger partial charge is 0.420 e. The lowest BCUT2D eigenvalue weighted by molar-refractivity contribution is -0.137. The lowest BCUT2D eigenvalue weighted by Gasteiger charge is -2.23. The van der Waals surface area contributed by atoms with E-state index in [-0.39, 0.29) is 17.2 Å². The predicted octanol–water partition coefficient (Wildman–Crippen LogP) is 17.3. The molecule has 0 amide bonds. The van der Waals surface area contributed by atoms with Crippen LogP contribution < -0.4 is 0 Å². The summed E-state index contributed by atoms with van der Waals surface area (Å²) in [6.45, 7) is 12.6. The lowest BCUT2D eigenvalue weighted by atomic mass is 9.93. The molecule has 5 nitrogen and oxygen atoms in total. The molecule has 0 radical (unpaired) electrons. The average molecular weight is 944 g/mol. The van der Waals surface area contributed by atoms with E-state index < -0.39 is 11.7 Å². The molecule has 0 N–H and O–H groups in total. The highest BCUT2D eigenvalue weighted by Crippen LogP contribution is 2.47. The van der Waals surface area contributed by atoms with Crippen LogP contribution in [0, 0.1) is 41.5 Å². The maximum absolute atomic E-state index is 16.9. The summed E-state index contributed by atoms with van der Waals surface area (Å²) in [4.78, 5) is 15.2. The highest BCUT2D eigenvalue weighted by Gasteiger charge is 2.40. The SMILES string of the molecule is Cc1cc(C)c(-c2ccc3c(c2)c2ccccc2n3-c2cc(-c3nc(-c4ccccc4)nc(-c4ccccc4)n3)cc(-n3c4ccccc4c4cc(-c5c(C)cc(C)cc5C)ccc43)c2C(F)(F)F)c(C)c1. The predicted molar refractivity (Wildman–Crippen MR) is 289 cm³/mol. The highest BCUT2D eigenvalue weighted by molar-refractivity contribution is 6.12. The van der Waals surface area contributed by atoms with Crippen molar-refractivity contribution < 1.29 is 13.2 Å². The summed E-state index contributed by atoms with van der Waals surface area (Å²) in [6.07, 6.45) is -4.85. The molecular weight excluding hydrogens is 896 g/mol. The Morgan fingerprint density at radius 3 is 1.07 bits per heavy atom. The summed E-state index contributed by atoms with van der Waals surface area (Å²) in [5, 5.41) is 3.35. The van der Waals surface area contributed by atoms with Crippen LogP contribution in [0.3, 0.4) is 0 Å². The Kier molecular flexibility index (Phi) is 10.6. The molecule has 0 aliphatic carbocycles. The van der Waals surface area contributed by atoms with Crippen LogP contribution in [0.25, 0.3) is 111 Å². The molecule has 8 heteroatoms. The number of benzene rings is 9. The zero-order valence-electron chi connectivity index (χ0n) is 40.7. The molecule has 12 aromatic rings. The van der Waals surface area contributed by atoms with Gasteiger partial charge in [-0.25, -0.2) is 15.0 Å². The summed E-state index contributed by atoms with van der Waals surface area (Å²) in [5.74, 6) is 1.04. The minimum absolute atomic E-state index is 0.0481. The molecule has 12 rings (SSSR count).